The molecule has 2 aliphatic carbocycles. The summed E-state index contributed by atoms with van der Waals surface area (Å²) >= 11 is 0. The summed E-state index contributed by atoms with van der Waals surface area (Å²) in [4.78, 5) is 22.6. The molecule has 0 aliphatic heterocycles. The van der Waals surface area contributed by atoms with Gasteiger partial charge < -0.3 is 15.4 Å². The number of non-ortho nitro benzene ring substituents is 1. The van der Waals surface area contributed by atoms with Crippen LogP contribution in [0.25, 0.3) is 0 Å². The summed E-state index contributed by atoms with van der Waals surface area (Å²) < 4.78 is 5.14. The van der Waals surface area contributed by atoms with Crippen LogP contribution in [0.1, 0.15) is 32.6 Å². The zero-order valence-corrected chi connectivity index (χ0v) is 14.0. The Labute approximate surface area is 140 Å². The molecule has 3 rings (SSSR count). The van der Waals surface area contributed by atoms with Gasteiger partial charge in [-0.25, -0.2) is 4.79 Å². The normalized spacial score (nSPS) is 26.0. The number of fused-ring (bicyclic) bond motifs is 2. The maximum absolute atomic E-state index is 12.3. The minimum atomic E-state index is -0.496. The van der Waals surface area contributed by atoms with E-state index in [9.17, 15) is 14.9 Å². The van der Waals surface area contributed by atoms with Crippen molar-refractivity contribution in [2.75, 3.05) is 12.4 Å². The predicted octanol–water partition coefficient (Wildman–Crippen LogP) is 3.55. The van der Waals surface area contributed by atoms with E-state index >= 15 is 0 Å². The molecular formula is C17H23N3O4. The summed E-state index contributed by atoms with van der Waals surface area (Å²) in [5.41, 5.74) is 0.342. The average Bonchev–Trinajstić information content (AvgIpc) is 3.17. The molecule has 0 unspecified atom stereocenters. The van der Waals surface area contributed by atoms with Gasteiger partial charge in [0.25, 0.3) is 5.69 Å². The Morgan fingerprint density at radius 2 is 2.17 bits per heavy atom. The molecule has 24 heavy (non-hydrogen) atoms. The highest BCUT2D eigenvalue weighted by Crippen LogP contribution is 2.49. The van der Waals surface area contributed by atoms with E-state index in [1.54, 1.807) is 0 Å². The van der Waals surface area contributed by atoms with Crippen molar-refractivity contribution in [1.82, 2.24) is 5.32 Å². The molecule has 2 bridgehead atoms. The van der Waals surface area contributed by atoms with Gasteiger partial charge in [-0.1, -0.05) is 6.42 Å². The number of methoxy groups -OCH3 is 1. The zero-order chi connectivity index (χ0) is 17.3. The first-order chi connectivity index (χ1) is 11.5. The molecule has 1 aromatic carbocycles. The van der Waals surface area contributed by atoms with E-state index in [0.717, 1.165) is 11.8 Å². The molecule has 2 aliphatic rings. The van der Waals surface area contributed by atoms with E-state index in [2.05, 4.69) is 17.6 Å². The predicted molar refractivity (Wildman–Crippen MR) is 90.2 cm³/mol. The highest BCUT2D eigenvalue weighted by Gasteiger charge is 2.42. The van der Waals surface area contributed by atoms with Crippen molar-refractivity contribution in [1.29, 1.82) is 0 Å². The number of carbonyl (C=O) groups excluding carboxylic acids is 1. The Morgan fingerprint density at radius 3 is 2.75 bits per heavy atom. The Bertz CT molecular complexity index is 649. The summed E-state index contributed by atoms with van der Waals surface area (Å²) in [5.74, 6) is 2.39. The number of amides is 2. The maximum atomic E-state index is 12.3. The van der Waals surface area contributed by atoms with Gasteiger partial charge in [-0.05, 0) is 50.0 Å². The van der Waals surface area contributed by atoms with Crippen molar-refractivity contribution in [3.8, 4) is 5.75 Å². The molecule has 130 valence electrons. The lowest BCUT2D eigenvalue weighted by Gasteiger charge is -2.28. The molecule has 1 aromatic rings. The third-order valence-electron chi connectivity index (χ3n) is 5.44. The molecule has 0 heterocycles. The van der Waals surface area contributed by atoms with Gasteiger partial charge in [0.05, 0.1) is 23.8 Å². The number of hydrogen-bond acceptors (Lipinski definition) is 4. The number of anilines is 1. The van der Waals surface area contributed by atoms with Crippen LogP contribution in [0.5, 0.6) is 5.75 Å². The van der Waals surface area contributed by atoms with E-state index in [0.29, 0.717) is 11.6 Å². The third kappa shape index (κ3) is 3.29. The van der Waals surface area contributed by atoms with Crippen LogP contribution in [0.15, 0.2) is 18.2 Å². The van der Waals surface area contributed by atoms with Crippen LogP contribution >= 0.6 is 0 Å². The summed E-state index contributed by atoms with van der Waals surface area (Å²) in [5, 5.41) is 16.5. The highest BCUT2D eigenvalue weighted by molar-refractivity contribution is 5.91. The number of nitrogens with zero attached hydrogens (tertiary/aromatic N) is 1. The van der Waals surface area contributed by atoms with Crippen LogP contribution in [-0.2, 0) is 0 Å². The van der Waals surface area contributed by atoms with Gasteiger partial charge in [-0.15, -0.1) is 0 Å². The molecule has 0 aromatic heterocycles. The smallest absolute Gasteiger partial charge is 0.319 e. The Morgan fingerprint density at radius 1 is 1.38 bits per heavy atom. The van der Waals surface area contributed by atoms with E-state index in [-0.39, 0.29) is 23.5 Å². The monoisotopic (exact) mass is 333 g/mol. The number of rotatable bonds is 5. The lowest BCUT2D eigenvalue weighted by Crippen LogP contribution is -2.42. The maximum Gasteiger partial charge on any atom is 0.319 e. The average molecular weight is 333 g/mol. The molecule has 7 heteroatoms. The van der Waals surface area contributed by atoms with Gasteiger partial charge in [0.2, 0.25) is 0 Å². The van der Waals surface area contributed by atoms with Gasteiger partial charge >= 0.3 is 6.03 Å². The van der Waals surface area contributed by atoms with E-state index in [1.165, 1.54) is 51.0 Å². The molecule has 4 atom stereocenters. The Balaban J connectivity index is 1.61. The second-order valence-corrected chi connectivity index (χ2v) is 6.87. The van der Waals surface area contributed by atoms with Crippen molar-refractivity contribution in [3.05, 3.63) is 28.3 Å². The molecule has 0 spiro atoms. The molecule has 0 saturated heterocycles. The number of hydrogen-bond donors (Lipinski definition) is 2. The standard InChI is InChI=1S/C17H23N3O4/c1-10(14-8-11-3-4-12(14)7-11)18-17(21)19-15-6-5-13(20(22)23)9-16(15)24-2/h5-6,9-12,14H,3-4,7-8H2,1-2H3,(H2,18,19,21)/t10-,11+,12+,14+/m1/s1. The first-order valence-electron chi connectivity index (χ1n) is 8.38. The topological polar surface area (TPSA) is 93.5 Å². The second-order valence-electron chi connectivity index (χ2n) is 6.87. The second kappa shape index (κ2) is 6.67. The molecular weight excluding hydrogens is 310 g/mol. The lowest BCUT2D eigenvalue weighted by atomic mass is 9.84. The summed E-state index contributed by atoms with van der Waals surface area (Å²) in [7, 11) is 1.42. The molecule has 2 saturated carbocycles. The summed E-state index contributed by atoms with van der Waals surface area (Å²) in [6.07, 6.45) is 5.11. The summed E-state index contributed by atoms with van der Waals surface area (Å²) in [6.45, 7) is 2.05. The van der Waals surface area contributed by atoms with Crippen molar-refractivity contribution in [2.45, 2.75) is 38.6 Å². The fraction of sp³-hybridized carbons (Fsp3) is 0.588. The first kappa shape index (κ1) is 16.5. The van der Waals surface area contributed by atoms with Crippen molar-refractivity contribution in [3.63, 3.8) is 0 Å². The summed E-state index contributed by atoms with van der Waals surface area (Å²) in [6, 6.07) is 3.94. The van der Waals surface area contributed by atoms with Gasteiger partial charge in [0.15, 0.2) is 0 Å². The van der Waals surface area contributed by atoms with Gasteiger partial charge in [0.1, 0.15) is 5.75 Å². The van der Waals surface area contributed by atoms with Crippen LogP contribution in [-0.4, -0.2) is 24.1 Å². The van der Waals surface area contributed by atoms with E-state index in [4.69, 9.17) is 4.74 Å². The minimum absolute atomic E-state index is 0.0758. The first-order valence-corrected chi connectivity index (χ1v) is 8.38. The lowest BCUT2D eigenvalue weighted by molar-refractivity contribution is -0.384. The number of urea groups is 1. The fourth-order valence-corrected chi connectivity index (χ4v) is 4.28. The largest absolute Gasteiger partial charge is 0.494 e. The van der Waals surface area contributed by atoms with E-state index in [1.807, 2.05) is 0 Å². The molecule has 2 fully saturated rings. The molecule has 0 radical (unpaired) electrons. The van der Waals surface area contributed by atoms with Crippen molar-refractivity contribution in [2.24, 2.45) is 17.8 Å². The van der Waals surface area contributed by atoms with Crippen LogP contribution in [0.3, 0.4) is 0 Å². The number of nitro benzene ring substituents is 1. The number of ether oxygens (including phenoxy) is 1. The van der Waals surface area contributed by atoms with Gasteiger partial charge in [0, 0.05) is 12.1 Å². The Hall–Kier alpha value is -2.31. The van der Waals surface area contributed by atoms with Crippen LogP contribution in [0, 0.1) is 27.9 Å². The molecule has 2 amide bonds. The van der Waals surface area contributed by atoms with Crippen LogP contribution in [0.4, 0.5) is 16.2 Å². The third-order valence-corrected chi connectivity index (χ3v) is 5.44. The molecule has 2 N–H and O–H groups in total. The number of carbonyl (C=O) groups is 1. The highest BCUT2D eigenvalue weighted by atomic mass is 16.6. The SMILES string of the molecule is COc1cc([N+](=O)[O-])ccc1NC(=O)N[C@H](C)[C@@H]1C[C@H]2CC[C@H]1C2. The van der Waals surface area contributed by atoms with Crippen molar-refractivity contribution < 1.29 is 14.5 Å². The van der Waals surface area contributed by atoms with Crippen LogP contribution in [0.2, 0.25) is 0 Å². The fourth-order valence-electron chi connectivity index (χ4n) is 4.28. The van der Waals surface area contributed by atoms with Gasteiger partial charge in [-0.3, -0.25) is 10.1 Å². The Kier molecular flexibility index (Phi) is 4.59. The van der Waals surface area contributed by atoms with E-state index < -0.39 is 4.92 Å². The minimum Gasteiger partial charge on any atom is -0.494 e. The number of benzene rings is 1. The van der Waals surface area contributed by atoms with Crippen LogP contribution < -0.4 is 15.4 Å². The van der Waals surface area contributed by atoms with Crippen molar-refractivity contribution >= 4 is 17.4 Å². The zero-order valence-electron chi connectivity index (χ0n) is 14.0. The quantitative estimate of drug-likeness (QED) is 0.636. The number of nitro groups is 1. The molecule has 7 nitrogen and oxygen atoms in total. The van der Waals surface area contributed by atoms with Gasteiger partial charge in [-0.2, -0.15) is 0 Å². The number of nitrogens with one attached hydrogen (secondary N) is 2.